The molecule has 2 aromatic rings. The average Bonchev–Trinajstić information content (AvgIpc) is 2.61. The fourth-order valence-corrected chi connectivity index (χ4v) is 3.09. The van der Waals surface area contributed by atoms with Crippen molar-refractivity contribution in [2.24, 2.45) is 0 Å². The zero-order chi connectivity index (χ0) is 18.4. The minimum atomic E-state index is -0.287. The van der Waals surface area contributed by atoms with E-state index in [-0.39, 0.29) is 11.7 Å². The van der Waals surface area contributed by atoms with Gasteiger partial charge < -0.3 is 14.2 Å². The highest BCUT2D eigenvalue weighted by atomic mass is 35.5. The summed E-state index contributed by atoms with van der Waals surface area (Å²) in [7, 11) is 3.23. The lowest BCUT2D eigenvalue weighted by molar-refractivity contribution is 0.144. The van der Waals surface area contributed by atoms with Crippen LogP contribution in [-0.4, -0.2) is 27.4 Å². The standard InChI is InChI=1S/C20H24ClFO3/c1-13(2)16-11-18(24-4)20(25-10-9-23-3)19(17(16)12-21)14-5-7-15(22)8-6-14/h5-8,11,13H,9-10,12H2,1-4H3. The Labute approximate surface area is 153 Å². The lowest BCUT2D eigenvalue weighted by Gasteiger charge is -2.22. The molecule has 0 N–H and O–H groups in total. The predicted octanol–water partition coefficient (Wildman–Crippen LogP) is 5.39. The summed E-state index contributed by atoms with van der Waals surface area (Å²) in [6.07, 6.45) is 0. The van der Waals surface area contributed by atoms with Gasteiger partial charge in [-0.15, -0.1) is 11.6 Å². The zero-order valence-corrected chi connectivity index (χ0v) is 15.8. The molecule has 0 aliphatic rings. The quantitative estimate of drug-likeness (QED) is 0.463. The molecular weight excluding hydrogens is 343 g/mol. The molecule has 0 saturated carbocycles. The molecule has 0 spiro atoms. The van der Waals surface area contributed by atoms with Gasteiger partial charge in [-0.1, -0.05) is 26.0 Å². The van der Waals surface area contributed by atoms with E-state index < -0.39 is 0 Å². The van der Waals surface area contributed by atoms with Crippen LogP contribution in [-0.2, 0) is 10.6 Å². The van der Waals surface area contributed by atoms with Crippen molar-refractivity contribution in [3.63, 3.8) is 0 Å². The highest BCUT2D eigenvalue weighted by Gasteiger charge is 2.22. The number of alkyl halides is 1. The maximum absolute atomic E-state index is 13.4. The molecule has 0 atom stereocenters. The van der Waals surface area contributed by atoms with Gasteiger partial charge >= 0.3 is 0 Å². The molecule has 136 valence electrons. The molecule has 0 aliphatic heterocycles. The first-order chi connectivity index (χ1) is 12.0. The Morgan fingerprint density at radius 1 is 1.08 bits per heavy atom. The number of rotatable bonds is 8. The number of halogens is 2. The van der Waals surface area contributed by atoms with Crippen LogP contribution in [0.3, 0.4) is 0 Å². The highest BCUT2D eigenvalue weighted by molar-refractivity contribution is 6.17. The van der Waals surface area contributed by atoms with E-state index in [0.29, 0.717) is 30.6 Å². The van der Waals surface area contributed by atoms with Crippen LogP contribution in [0.4, 0.5) is 4.39 Å². The van der Waals surface area contributed by atoms with Crippen molar-refractivity contribution in [2.75, 3.05) is 27.4 Å². The van der Waals surface area contributed by atoms with Crippen molar-refractivity contribution in [1.82, 2.24) is 0 Å². The molecule has 0 aromatic heterocycles. The normalized spacial score (nSPS) is 11.0. The first-order valence-electron chi connectivity index (χ1n) is 8.20. The van der Waals surface area contributed by atoms with Crippen LogP contribution in [0, 0.1) is 5.82 Å². The second-order valence-electron chi connectivity index (χ2n) is 5.99. The van der Waals surface area contributed by atoms with Crippen LogP contribution in [0.2, 0.25) is 0 Å². The molecule has 0 radical (unpaired) electrons. The lowest BCUT2D eigenvalue weighted by Crippen LogP contribution is -2.09. The molecule has 0 amide bonds. The molecule has 0 unspecified atom stereocenters. The number of hydrogen-bond donors (Lipinski definition) is 0. The van der Waals surface area contributed by atoms with E-state index in [0.717, 1.165) is 22.3 Å². The minimum Gasteiger partial charge on any atom is -0.493 e. The van der Waals surface area contributed by atoms with E-state index in [2.05, 4.69) is 13.8 Å². The van der Waals surface area contributed by atoms with Gasteiger partial charge in [-0.25, -0.2) is 4.39 Å². The second kappa shape index (κ2) is 9.07. The van der Waals surface area contributed by atoms with Crippen molar-refractivity contribution in [1.29, 1.82) is 0 Å². The first kappa shape index (κ1) is 19.5. The third-order valence-electron chi connectivity index (χ3n) is 4.03. The summed E-state index contributed by atoms with van der Waals surface area (Å²) in [6, 6.07) is 8.29. The molecule has 0 bridgehead atoms. The summed E-state index contributed by atoms with van der Waals surface area (Å²) in [6.45, 7) is 5.04. The Morgan fingerprint density at radius 2 is 1.76 bits per heavy atom. The summed E-state index contributed by atoms with van der Waals surface area (Å²) in [5.41, 5.74) is 3.74. The van der Waals surface area contributed by atoms with Crippen molar-refractivity contribution in [2.45, 2.75) is 25.6 Å². The Morgan fingerprint density at radius 3 is 2.28 bits per heavy atom. The monoisotopic (exact) mass is 366 g/mol. The molecule has 0 saturated heterocycles. The minimum absolute atomic E-state index is 0.259. The maximum atomic E-state index is 13.4. The molecule has 2 rings (SSSR count). The van der Waals surface area contributed by atoms with E-state index in [1.807, 2.05) is 6.07 Å². The lowest BCUT2D eigenvalue weighted by atomic mass is 9.89. The van der Waals surface area contributed by atoms with E-state index in [4.69, 9.17) is 25.8 Å². The molecule has 0 fully saturated rings. The van der Waals surface area contributed by atoms with Crippen LogP contribution < -0.4 is 9.47 Å². The van der Waals surface area contributed by atoms with Gasteiger partial charge in [0.1, 0.15) is 12.4 Å². The van der Waals surface area contributed by atoms with Gasteiger partial charge in [-0.05, 0) is 40.8 Å². The molecular formula is C20H24ClFO3. The van der Waals surface area contributed by atoms with Crippen molar-refractivity contribution >= 4 is 11.6 Å². The molecule has 3 nitrogen and oxygen atoms in total. The number of methoxy groups -OCH3 is 2. The summed E-state index contributed by atoms with van der Waals surface area (Å²) < 4.78 is 30.0. The largest absolute Gasteiger partial charge is 0.493 e. The smallest absolute Gasteiger partial charge is 0.169 e. The van der Waals surface area contributed by atoms with Crippen molar-refractivity contribution in [3.05, 3.63) is 47.3 Å². The highest BCUT2D eigenvalue weighted by Crippen LogP contribution is 2.45. The van der Waals surface area contributed by atoms with Crippen LogP contribution in [0.25, 0.3) is 11.1 Å². The fraction of sp³-hybridized carbons (Fsp3) is 0.400. The van der Waals surface area contributed by atoms with Crippen molar-refractivity contribution in [3.8, 4) is 22.6 Å². The second-order valence-corrected chi connectivity index (χ2v) is 6.25. The Balaban J connectivity index is 2.71. The van der Waals surface area contributed by atoms with Crippen LogP contribution in [0.15, 0.2) is 30.3 Å². The molecule has 2 aromatic carbocycles. The van der Waals surface area contributed by atoms with Crippen molar-refractivity contribution < 1.29 is 18.6 Å². The zero-order valence-electron chi connectivity index (χ0n) is 15.1. The summed E-state index contributed by atoms with van der Waals surface area (Å²) in [4.78, 5) is 0. The van der Waals surface area contributed by atoms with E-state index >= 15 is 0 Å². The topological polar surface area (TPSA) is 27.7 Å². The first-order valence-corrected chi connectivity index (χ1v) is 8.74. The summed E-state index contributed by atoms with van der Waals surface area (Å²) >= 11 is 6.30. The summed E-state index contributed by atoms with van der Waals surface area (Å²) in [5, 5.41) is 0. The Bertz CT molecular complexity index is 699. The third-order valence-corrected chi connectivity index (χ3v) is 4.30. The molecule has 0 heterocycles. The molecule has 5 heteroatoms. The van der Waals surface area contributed by atoms with Gasteiger partial charge in [-0.3, -0.25) is 0 Å². The molecule has 25 heavy (non-hydrogen) atoms. The predicted molar refractivity (Wildman–Crippen MR) is 99.4 cm³/mol. The SMILES string of the molecule is COCCOc1c(OC)cc(C(C)C)c(CCl)c1-c1ccc(F)cc1. The number of hydrogen-bond acceptors (Lipinski definition) is 3. The van der Waals surface area contributed by atoms with Gasteiger partial charge in [0.25, 0.3) is 0 Å². The van der Waals surface area contributed by atoms with Gasteiger partial charge in [0.05, 0.1) is 13.7 Å². The van der Waals surface area contributed by atoms with Crippen LogP contribution in [0.5, 0.6) is 11.5 Å². The summed E-state index contributed by atoms with van der Waals surface area (Å²) in [5.74, 6) is 1.53. The van der Waals surface area contributed by atoms with Gasteiger partial charge in [0.15, 0.2) is 11.5 Å². The Kier molecular flexibility index (Phi) is 7.09. The fourth-order valence-electron chi connectivity index (χ4n) is 2.80. The maximum Gasteiger partial charge on any atom is 0.169 e. The Hall–Kier alpha value is -1.78. The third kappa shape index (κ3) is 4.44. The van der Waals surface area contributed by atoms with E-state index in [9.17, 15) is 4.39 Å². The van der Waals surface area contributed by atoms with Crippen LogP contribution in [0.1, 0.15) is 30.9 Å². The molecule has 0 aliphatic carbocycles. The van der Waals surface area contributed by atoms with Gasteiger partial charge in [-0.2, -0.15) is 0 Å². The van der Waals surface area contributed by atoms with Crippen LogP contribution >= 0.6 is 11.6 Å². The number of ether oxygens (including phenoxy) is 3. The van der Waals surface area contributed by atoms with Gasteiger partial charge in [0.2, 0.25) is 0 Å². The number of benzene rings is 2. The van der Waals surface area contributed by atoms with E-state index in [1.54, 1.807) is 26.4 Å². The average molecular weight is 367 g/mol. The van der Waals surface area contributed by atoms with E-state index in [1.165, 1.54) is 12.1 Å². The van der Waals surface area contributed by atoms with Gasteiger partial charge in [0, 0.05) is 18.6 Å².